The topological polar surface area (TPSA) is 58.1 Å². The highest BCUT2D eigenvalue weighted by molar-refractivity contribution is 5.79. The van der Waals surface area contributed by atoms with Crippen LogP contribution in [-0.4, -0.2) is 76.6 Å². The molecule has 2 aliphatic heterocycles. The molecule has 2 rings (SSSR count). The van der Waals surface area contributed by atoms with Gasteiger partial charge in [-0.25, -0.2) is 0 Å². The van der Waals surface area contributed by atoms with Gasteiger partial charge in [0.25, 0.3) is 0 Å². The van der Waals surface area contributed by atoms with E-state index in [1.54, 1.807) is 0 Å². The molecule has 2 fully saturated rings. The van der Waals surface area contributed by atoms with E-state index in [-0.39, 0.29) is 0 Å². The summed E-state index contributed by atoms with van der Waals surface area (Å²) in [6.45, 7) is 10.2. The second-order valence-electron chi connectivity index (χ2n) is 6.92. The molecule has 0 aliphatic carbocycles. The molecule has 1 unspecified atom stereocenters. The van der Waals surface area contributed by atoms with Crippen molar-refractivity contribution in [1.82, 2.24) is 15.5 Å². The lowest BCUT2D eigenvalue weighted by Gasteiger charge is -2.32. The summed E-state index contributed by atoms with van der Waals surface area (Å²) in [4.78, 5) is 6.90. The molecule has 0 aromatic rings. The summed E-state index contributed by atoms with van der Waals surface area (Å²) in [5.41, 5.74) is 0. The highest BCUT2D eigenvalue weighted by Crippen LogP contribution is 2.12. The zero-order valence-electron chi connectivity index (χ0n) is 15.6. The molecule has 2 saturated heterocycles. The Kier molecular flexibility index (Phi) is 9.46. The second-order valence-corrected chi connectivity index (χ2v) is 6.92. The molecule has 6 nitrogen and oxygen atoms in total. The first-order valence-electron chi connectivity index (χ1n) is 9.66. The fourth-order valence-corrected chi connectivity index (χ4v) is 3.35. The van der Waals surface area contributed by atoms with Gasteiger partial charge in [0.1, 0.15) is 0 Å². The van der Waals surface area contributed by atoms with Crippen LogP contribution in [0.3, 0.4) is 0 Å². The molecule has 1 atom stereocenters. The maximum absolute atomic E-state index is 5.73. The lowest BCUT2D eigenvalue weighted by atomic mass is 10.1. The summed E-state index contributed by atoms with van der Waals surface area (Å²) in [5, 5.41) is 6.96. The van der Waals surface area contributed by atoms with Gasteiger partial charge in [0, 0.05) is 51.9 Å². The lowest BCUT2D eigenvalue weighted by molar-refractivity contribution is 0.0888. The molecule has 24 heavy (non-hydrogen) atoms. The van der Waals surface area contributed by atoms with Crippen molar-refractivity contribution in [3.8, 4) is 0 Å². The third kappa shape index (κ3) is 7.36. The van der Waals surface area contributed by atoms with Crippen LogP contribution in [-0.2, 0) is 9.47 Å². The van der Waals surface area contributed by atoms with Crippen molar-refractivity contribution in [3.05, 3.63) is 0 Å². The van der Waals surface area contributed by atoms with Gasteiger partial charge in [-0.1, -0.05) is 6.92 Å². The minimum atomic E-state index is 0.544. The van der Waals surface area contributed by atoms with E-state index in [0.29, 0.717) is 12.0 Å². The number of likely N-dealkylation sites (tertiary alicyclic amines) is 1. The van der Waals surface area contributed by atoms with E-state index in [2.05, 4.69) is 27.4 Å². The summed E-state index contributed by atoms with van der Waals surface area (Å²) in [7, 11) is 1.85. The van der Waals surface area contributed by atoms with Crippen molar-refractivity contribution in [2.45, 2.75) is 45.1 Å². The Hall–Kier alpha value is -0.850. The van der Waals surface area contributed by atoms with E-state index in [1.165, 1.54) is 38.9 Å². The Labute approximate surface area is 147 Å². The van der Waals surface area contributed by atoms with Crippen LogP contribution in [0.2, 0.25) is 0 Å². The highest BCUT2D eigenvalue weighted by atomic mass is 16.5. The Morgan fingerprint density at radius 1 is 1.29 bits per heavy atom. The van der Waals surface area contributed by atoms with Crippen molar-refractivity contribution in [3.63, 3.8) is 0 Å². The molecule has 2 heterocycles. The summed E-state index contributed by atoms with van der Waals surface area (Å²) < 4.78 is 11.1. The standard InChI is InChI=1S/C18H36N4O2/c1-3-9-22-10-5-17(6-11-22)21-18(19-2)20-8-4-12-23-14-16-7-13-24-15-16/h16-17H,3-15H2,1-2H3,(H2,19,20,21). The van der Waals surface area contributed by atoms with Crippen LogP contribution in [0.1, 0.15) is 39.0 Å². The second kappa shape index (κ2) is 11.7. The minimum absolute atomic E-state index is 0.544. The van der Waals surface area contributed by atoms with Gasteiger partial charge >= 0.3 is 0 Å². The molecule has 0 saturated carbocycles. The predicted molar refractivity (Wildman–Crippen MR) is 98.6 cm³/mol. The first-order valence-corrected chi connectivity index (χ1v) is 9.66. The molecular formula is C18H36N4O2. The summed E-state index contributed by atoms with van der Waals surface area (Å²) in [6, 6.07) is 0.544. The molecule has 2 N–H and O–H groups in total. The fourth-order valence-electron chi connectivity index (χ4n) is 3.35. The van der Waals surface area contributed by atoms with Crippen LogP contribution in [0.25, 0.3) is 0 Å². The number of aliphatic imine (C=N–C) groups is 1. The highest BCUT2D eigenvalue weighted by Gasteiger charge is 2.19. The minimum Gasteiger partial charge on any atom is -0.381 e. The molecule has 0 spiro atoms. The zero-order valence-corrected chi connectivity index (χ0v) is 15.6. The van der Waals surface area contributed by atoms with Crippen molar-refractivity contribution < 1.29 is 9.47 Å². The SMILES string of the molecule is CCCN1CCC(NC(=NC)NCCCOCC2CCOC2)CC1. The molecule has 0 aromatic heterocycles. The molecule has 2 aliphatic rings. The number of nitrogens with one attached hydrogen (secondary N) is 2. The molecule has 0 amide bonds. The first kappa shape index (κ1) is 19.5. The quantitative estimate of drug-likeness (QED) is 0.378. The zero-order chi connectivity index (χ0) is 17.0. The van der Waals surface area contributed by atoms with Gasteiger partial charge in [0.2, 0.25) is 0 Å². The Balaban J connectivity index is 1.49. The Morgan fingerprint density at radius 3 is 2.79 bits per heavy atom. The van der Waals surface area contributed by atoms with Gasteiger partial charge in [-0.05, 0) is 38.6 Å². The molecule has 140 valence electrons. The van der Waals surface area contributed by atoms with E-state index < -0.39 is 0 Å². The van der Waals surface area contributed by atoms with Crippen LogP contribution in [0.15, 0.2) is 4.99 Å². The van der Waals surface area contributed by atoms with E-state index in [9.17, 15) is 0 Å². The number of rotatable bonds is 9. The third-order valence-corrected chi connectivity index (χ3v) is 4.83. The van der Waals surface area contributed by atoms with Crippen LogP contribution in [0.4, 0.5) is 0 Å². The van der Waals surface area contributed by atoms with E-state index in [4.69, 9.17) is 9.47 Å². The van der Waals surface area contributed by atoms with Crippen LogP contribution in [0, 0.1) is 5.92 Å². The molecule has 0 aromatic carbocycles. The molecule has 6 heteroatoms. The van der Waals surface area contributed by atoms with Crippen LogP contribution >= 0.6 is 0 Å². The predicted octanol–water partition coefficient (Wildman–Crippen LogP) is 1.47. The van der Waals surface area contributed by atoms with Crippen molar-refractivity contribution >= 4 is 5.96 Å². The molecule has 0 radical (unpaired) electrons. The van der Waals surface area contributed by atoms with Gasteiger partial charge in [0.15, 0.2) is 5.96 Å². The van der Waals surface area contributed by atoms with Gasteiger partial charge in [0.05, 0.1) is 13.2 Å². The van der Waals surface area contributed by atoms with Crippen molar-refractivity contribution in [2.24, 2.45) is 10.9 Å². The van der Waals surface area contributed by atoms with Crippen molar-refractivity contribution in [2.75, 3.05) is 59.7 Å². The third-order valence-electron chi connectivity index (χ3n) is 4.83. The number of ether oxygens (including phenoxy) is 2. The summed E-state index contributed by atoms with van der Waals surface area (Å²) in [6.07, 6.45) is 5.80. The van der Waals surface area contributed by atoms with E-state index in [1.807, 2.05) is 7.05 Å². The monoisotopic (exact) mass is 340 g/mol. The first-order chi connectivity index (χ1) is 11.8. The normalized spacial score (nSPS) is 23.6. The molecular weight excluding hydrogens is 304 g/mol. The van der Waals surface area contributed by atoms with Gasteiger partial charge in [-0.2, -0.15) is 0 Å². The average Bonchev–Trinajstić information content (AvgIpc) is 3.12. The number of piperidine rings is 1. The molecule has 0 bridgehead atoms. The number of hydrogen-bond acceptors (Lipinski definition) is 4. The van der Waals surface area contributed by atoms with E-state index in [0.717, 1.165) is 51.8 Å². The van der Waals surface area contributed by atoms with E-state index >= 15 is 0 Å². The number of nitrogens with zero attached hydrogens (tertiary/aromatic N) is 2. The van der Waals surface area contributed by atoms with Crippen molar-refractivity contribution in [1.29, 1.82) is 0 Å². The number of hydrogen-bond donors (Lipinski definition) is 2. The summed E-state index contributed by atoms with van der Waals surface area (Å²) >= 11 is 0. The lowest BCUT2D eigenvalue weighted by Crippen LogP contribution is -2.49. The maximum atomic E-state index is 5.73. The smallest absolute Gasteiger partial charge is 0.191 e. The largest absolute Gasteiger partial charge is 0.381 e. The van der Waals surface area contributed by atoms with Gasteiger partial charge < -0.3 is 25.0 Å². The van der Waals surface area contributed by atoms with Gasteiger partial charge in [-0.15, -0.1) is 0 Å². The van der Waals surface area contributed by atoms with Gasteiger partial charge in [-0.3, -0.25) is 4.99 Å². The maximum Gasteiger partial charge on any atom is 0.191 e. The Bertz CT molecular complexity index is 351. The fraction of sp³-hybridized carbons (Fsp3) is 0.944. The van der Waals surface area contributed by atoms with Crippen LogP contribution in [0.5, 0.6) is 0 Å². The van der Waals surface area contributed by atoms with Crippen LogP contribution < -0.4 is 10.6 Å². The average molecular weight is 341 g/mol. The summed E-state index contributed by atoms with van der Waals surface area (Å²) in [5.74, 6) is 1.53. The number of guanidine groups is 1. The Morgan fingerprint density at radius 2 is 2.12 bits per heavy atom.